The minimum Gasteiger partial charge on any atom is -0.350 e. The highest BCUT2D eigenvalue weighted by molar-refractivity contribution is 5.94. The first-order valence-electron chi connectivity index (χ1n) is 7.95. The molecule has 0 aliphatic carbocycles. The van der Waals surface area contributed by atoms with Gasteiger partial charge >= 0.3 is 0 Å². The molecular weight excluding hydrogens is 361 g/mol. The zero-order valence-corrected chi connectivity index (χ0v) is 16.7. The number of nitrogens with two attached hydrogens (primary N) is 1. The maximum Gasteiger partial charge on any atom is 0.252 e. The van der Waals surface area contributed by atoms with E-state index in [1.165, 1.54) is 0 Å². The highest BCUT2D eigenvalue weighted by Gasteiger charge is 2.21. The van der Waals surface area contributed by atoms with E-state index < -0.39 is 0 Å². The smallest absolute Gasteiger partial charge is 0.252 e. The second kappa shape index (κ2) is 9.75. The number of rotatable bonds is 6. The highest BCUT2D eigenvalue weighted by Crippen LogP contribution is 2.12. The van der Waals surface area contributed by atoms with Gasteiger partial charge in [-0.05, 0) is 44.9 Å². The van der Waals surface area contributed by atoms with Gasteiger partial charge in [0.15, 0.2) is 5.82 Å². The number of nitrogens with zero attached hydrogens (tertiary/aromatic N) is 3. The summed E-state index contributed by atoms with van der Waals surface area (Å²) in [5.41, 5.74) is 8.30. The van der Waals surface area contributed by atoms with Gasteiger partial charge in [0.1, 0.15) is 0 Å². The third-order valence-corrected chi connectivity index (χ3v) is 4.25. The van der Waals surface area contributed by atoms with Crippen LogP contribution in [0.4, 0.5) is 0 Å². The molecule has 0 aliphatic rings. The molecule has 140 valence electrons. The summed E-state index contributed by atoms with van der Waals surface area (Å²) in [6.45, 7) is 8.42. The van der Waals surface area contributed by atoms with Gasteiger partial charge in [-0.2, -0.15) is 5.10 Å². The standard InChI is InChI=1S/C17H25N5O.2ClH/c1-5-17(18,6-2)11-20-16(23)14-7-8-15(19-10-14)22-13(4)9-12(3)21-22;;/h7-10H,5-6,11,18H2,1-4H3,(H,20,23);2*1H. The van der Waals surface area contributed by atoms with E-state index in [0.717, 1.165) is 24.2 Å². The Morgan fingerprint density at radius 2 is 1.88 bits per heavy atom. The molecule has 8 heteroatoms. The number of halogens is 2. The van der Waals surface area contributed by atoms with Crippen LogP contribution >= 0.6 is 24.8 Å². The summed E-state index contributed by atoms with van der Waals surface area (Å²) >= 11 is 0. The Bertz CT molecular complexity index is 681. The second-order valence-electron chi connectivity index (χ2n) is 6.00. The van der Waals surface area contributed by atoms with Gasteiger partial charge in [0, 0.05) is 24.0 Å². The van der Waals surface area contributed by atoms with Crippen molar-refractivity contribution in [2.24, 2.45) is 5.73 Å². The fourth-order valence-corrected chi connectivity index (χ4v) is 2.36. The summed E-state index contributed by atoms with van der Waals surface area (Å²) in [7, 11) is 0. The van der Waals surface area contributed by atoms with Crippen LogP contribution in [0.5, 0.6) is 0 Å². The molecule has 25 heavy (non-hydrogen) atoms. The van der Waals surface area contributed by atoms with Crippen molar-refractivity contribution >= 4 is 30.7 Å². The molecule has 1 amide bonds. The zero-order chi connectivity index (χ0) is 17.0. The van der Waals surface area contributed by atoms with E-state index in [1.54, 1.807) is 23.0 Å². The molecule has 2 rings (SSSR count). The Morgan fingerprint density at radius 3 is 2.32 bits per heavy atom. The monoisotopic (exact) mass is 387 g/mol. The Labute approximate surface area is 161 Å². The van der Waals surface area contributed by atoms with E-state index in [0.29, 0.717) is 17.9 Å². The molecule has 3 N–H and O–H groups in total. The Hall–Kier alpha value is -1.63. The average Bonchev–Trinajstić information content (AvgIpc) is 2.91. The van der Waals surface area contributed by atoms with Crippen LogP contribution in [0.3, 0.4) is 0 Å². The number of aromatic nitrogens is 3. The number of amides is 1. The summed E-state index contributed by atoms with van der Waals surface area (Å²) in [5.74, 6) is 0.539. The lowest BCUT2D eigenvalue weighted by Gasteiger charge is -2.26. The normalized spacial score (nSPS) is 10.6. The van der Waals surface area contributed by atoms with E-state index in [2.05, 4.69) is 15.4 Å². The quantitative estimate of drug-likeness (QED) is 0.797. The first-order chi connectivity index (χ1) is 10.9. The van der Waals surface area contributed by atoms with E-state index in [-0.39, 0.29) is 36.3 Å². The van der Waals surface area contributed by atoms with Crippen LogP contribution in [0.1, 0.15) is 48.4 Å². The molecule has 0 radical (unpaired) electrons. The Kier molecular flexibility index (Phi) is 9.11. The number of carbonyl (C=O) groups is 1. The summed E-state index contributed by atoms with van der Waals surface area (Å²) in [5, 5.41) is 7.27. The molecule has 6 nitrogen and oxygen atoms in total. The van der Waals surface area contributed by atoms with Crippen molar-refractivity contribution in [3.05, 3.63) is 41.3 Å². The number of carbonyl (C=O) groups excluding carboxylic acids is 1. The van der Waals surface area contributed by atoms with Gasteiger partial charge < -0.3 is 11.1 Å². The second-order valence-corrected chi connectivity index (χ2v) is 6.00. The maximum atomic E-state index is 12.2. The van der Waals surface area contributed by atoms with Gasteiger partial charge in [-0.3, -0.25) is 4.79 Å². The van der Waals surface area contributed by atoms with Crippen molar-refractivity contribution in [2.75, 3.05) is 6.54 Å². The molecule has 0 aromatic carbocycles. The van der Waals surface area contributed by atoms with Gasteiger partial charge in [0.05, 0.1) is 11.3 Å². The predicted molar refractivity (Wildman–Crippen MR) is 105 cm³/mol. The third kappa shape index (κ3) is 5.70. The lowest BCUT2D eigenvalue weighted by atomic mass is 9.94. The minimum absolute atomic E-state index is 0. The van der Waals surface area contributed by atoms with Gasteiger partial charge in [0.25, 0.3) is 5.91 Å². The van der Waals surface area contributed by atoms with Crippen LogP contribution in [-0.2, 0) is 0 Å². The number of nitrogens with one attached hydrogen (secondary N) is 1. The first-order valence-corrected chi connectivity index (χ1v) is 7.95. The van der Waals surface area contributed by atoms with Crippen LogP contribution < -0.4 is 11.1 Å². The average molecular weight is 388 g/mol. The summed E-state index contributed by atoms with van der Waals surface area (Å²) in [6, 6.07) is 5.53. The molecule has 0 unspecified atom stereocenters. The van der Waals surface area contributed by atoms with Gasteiger partial charge in [-0.25, -0.2) is 9.67 Å². The molecule has 0 fully saturated rings. The Morgan fingerprint density at radius 1 is 1.24 bits per heavy atom. The predicted octanol–water partition coefficient (Wildman–Crippen LogP) is 2.98. The van der Waals surface area contributed by atoms with E-state index in [9.17, 15) is 4.79 Å². The molecule has 0 spiro atoms. The summed E-state index contributed by atoms with van der Waals surface area (Å²) in [6.07, 6.45) is 3.20. The van der Waals surface area contributed by atoms with Gasteiger partial charge in [0.2, 0.25) is 0 Å². The largest absolute Gasteiger partial charge is 0.350 e. The number of hydrogen-bond donors (Lipinski definition) is 2. The molecule has 2 aromatic rings. The number of hydrogen-bond acceptors (Lipinski definition) is 4. The van der Waals surface area contributed by atoms with Crippen LogP contribution in [0, 0.1) is 13.8 Å². The first kappa shape index (κ1) is 23.4. The van der Waals surface area contributed by atoms with Crippen molar-refractivity contribution < 1.29 is 4.79 Å². The van der Waals surface area contributed by atoms with E-state index in [1.807, 2.05) is 33.8 Å². The maximum absolute atomic E-state index is 12.2. The SMILES string of the molecule is CCC(N)(CC)CNC(=O)c1ccc(-n2nc(C)cc2C)nc1.Cl.Cl. The Balaban J connectivity index is 0.00000288. The lowest BCUT2D eigenvalue weighted by Crippen LogP contribution is -2.49. The fraction of sp³-hybridized carbons (Fsp3) is 0.471. The highest BCUT2D eigenvalue weighted by atomic mass is 35.5. The van der Waals surface area contributed by atoms with E-state index in [4.69, 9.17) is 5.73 Å². The molecule has 0 aliphatic heterocycles. The third-order valence-electron chi connectivity index (χ3n) is 4.25. The van der Waals surface area contributed by atoms with Crippen molar-refractivity contribution in [3.63, 3.8) is 0 Å². The molecule has 2 heterocycles. The van der Waals surface area contributed by atoms with Crippen molar-refractivity contribution in [3.8, 4) is 5.82 Å². The van der Waals surface area contributed by atoms with E-state index >= 15 is 0 Å². The van der Waals surface area contributed by atoms with Crippen molar-refractivity contribution in [1.82, 2.24) is 20.1 Å². The van der Waals surface area contributed by atoms with Gasteiger partial charge in [-0.15, -0.1) is 24.8 Å². The molecule has 2 aromatic heterocycles. The minimum atomic E-state index is -0.354. The molecule has 0 saturated carbocycles. The number of aryl methyl sites for hydroxylation is 2. The zero-order valence-electron chi connectivity index (χ0n) is 15.1. The van der Waals surface area contributed by atoms with Crippen LogP contribution in [-0.4, -0.2) is 32.8 Å². The van der Waals surface area contributed by atoms with Crippen molar-refractivity contribution in [2.45, 2.75) is 46.1 Å². The van der Waals surface area contributed by atoms with Crippen LogP contribution in [0.2, 0.25) is 0 Å². The number of pyridine rings is 1. The molecule has 0 bridgehead atoms. The van der Waals surface area contributed by atoms with Crippen LogP contribution in [0.25, 0.3) is 5.82 Å². The fourth-order valence-electron chi connectivity index (χ4n) is 2.36. The summed E-state index contributed by atoms with van der Waals surface area (Å²) < 4.78 is 1.76. The van der Waals surface area contributed by atoms with Gasteiger partial charge in [-0.1, -0.05) is 13.8 Å². The molecular formula is C17H27Cl2N5O. The molecule has 0 atom stereocenters. The van der Waals surface area contributed by atoms with Crippen LogP contribution in [0.15, 0.2) is 24.4 Å². The van der Waals surface area contributed by atoms with Crippen molar-refractivity contribution in [1.29, 1.82) is 0 Å². The lowest BCUT2D eigenvalue weighted by molar-refractivity contribution is 0.0942. The molecule has 0 saturated heterocycles. The topological polar surface area (TPSA) is 85.8 Å². The summed E-state index contributed by atoms with van der Waals surface area (Å²) in [4.78, 5) is 16.6.